The summed E-state index contributed by atoms with van der Waals surface area (Å²) in [5, 5.41) is 13.7. The Hall–Kier alpha value is -2.28. The molecule has 1 aromatic carbocycles. The van der Waals surface area contributed by atoms with Gasteiger partial charge < -0.3 is 25.2 Å². The van der Waals surface area contributed by atoms with Gasteiger partial charge in [-0.1, -0.05) is 12.1 Å². The Morgan fingerprint density at radius 2 is 1.95 bits per heavy atom. The molecule has 1 atom stereocenters. The molecular formula is C14H20N2O5. The Balaban J connectivity index is 2.28. The minimum atomic E-state index is -1.03. The molecule has 1 unspecified atom stereocenters. The lowest BCUT2D eigenvalue weighted by Crippen LogP contribution is -2.38. The van der Waals surface area contributed by atoms with Gasteiger partial charge in [-0.05, 0) is 24.6 Å². The first-order chi connectivity index (χ1) is 10.0. The summed E-state index contributed by atoms with van der Waals surface area (Å²) >= 11 is 0. The number of rotatable bonds is 8. The number of carboxylic acid groups (broad SMARTS) is 1. The van der Waals surface area contributed by atoms with E-state index in [4.69, 9.17) is 14.6 Å². The van der Waals surface area contributed by atoms with Crippen LogP contribution in [0.4, 0.5) is 4.79 Å². The zero-order chi connectivity index (χ0) is 15.7. The zero-order valence-corrected chi connectivity index (χ0v) is 12.1. The van der Waals surface area contributed by atoms with Crippen LogP contribution in [0.15, 0.2) is 24.3 Å². The summed E-state index contributed by atoms with van der Waals surface area (Å²) in [4.78, 5) is 21.8. The average molecular weight is 296 g/mol. The van der Waals surface area contributed by atoms with Crippen molar-refractivity contribution in [1.29, 1.82) is 0 Å². The number of aliphatic carboxylic acids is 1. The summed E-state index contributed by atoms with van der Waals surface area (Å²) in [5.74, 6) is -0.279. The van der Waals surface area contributed by atoms with Crippen molar-refractivity contribution in [3.05, 3.63) is 29.8 Å². The van der Waals surface area contributed by atoms with Gasteiger partial charge in [-0.25, -0.2) is 9.59 Å². The van der Waals surface area contributed by atoms with Crippen LogP contribution in [0.2, 0.25) is 0 Å². The molecule has 3 N–H and O–H groups in total. The Morgan fingerprint density at radius 3 is 2.52 bits per heavy atom. The molecule has 116 valence electrons. The lowest BCUT2D eigenvalue weighted by Gasteiger charge is -2.15. The number of methoxy groups -OCH3 is 1. The quantitative estimate of drug-likeness (QED) is 0.625. The van der Waals surface area contributed by atoms with E-state index in [9.17, 15) is 9.59 Å². The third kappa shape index (κ3) is 6.62. The highest BCUT2D eigenvalue weighted by Crippen LogP contribution is 2.16. The SMILES string of the molecule is COc1ccc(C(C)NC(=O)NCCOCC(=O)O)cc1. The largest absolute Gasteiger partial charge is 0.497 e. The Morgan fingerprint density at radius 1 is 1.29 bits per heavy atom. The van der Waals surface area contributed by atoms with Crippen molar-refractivity contribution in [3.63, 3.8) is 0 Å². The maximum atomic E-state index is 11.6. The van der Waals surface area contributed by atoms with Crippen LogP contribution in [0.5, 0.6) is 5.75 Å². The topological polar surface area (TPSA) is 96.9 Å². The first kappa shape index (κ1) is 16.8. The molecule has 0 fully saturated rings. The van der Waals surface area contributed by atoms with E-state index in [1.54, 1.807) is 7.11 Å². The number of carboxylic acids is 1. The van der Waals surface area contributed by atoms with Crippen molar-refractivity contribution in [2.75, 3.05) is 26.9 Å². The highest BCUT2D eigenvalue weighted by Gasteiger charge is 2.09. The minimum Gasteiger partial charge on any atom is -0.497 e. The van der Waals surface area contributed by atoms with E-state index < -0.39 is 5.97 Å². The van der Waals surface area contributed by atoms with Crippen molar-refractivity contribution in [1.82, 2.24) is 10.6 Å². The lowest BCUT2D eigenvalue weighted by atomic mass is 10.1. The molecule has 0 spiro atoms. The van der Waals surface area contributed by atoms with Gasteiger partial charge >= 0.3 is 12.0 Å². The smallest absolute Gasteiger partial charge is 0.329 e. The molecule has 0 aromatic heterocycles. The van der Waals surface area contributed by atoms with Gasteiger partial charge in [0.05, 0.1) is 19.8 Å². The molecule has 0 heterocycles. The van der Waals surface area contributed by atoms with Gasteiger partial charge in [0.2, 0.25) is 0 Å². The third-order valence-electron chi connectivity index (χ3n) is 2.72. The lowest BCUT2D eigenvalue weighted by molar-refractivity contribution is -0.142. The highest BCUT2D eigenvalue weighted by molar-refractivity contribution is 5.74. The van der Waals surface area contributed by atoms with Crippen LogP contribution in [-0.2, 0) is 9.53 Å². The standard InChI is InChI=1S/C14H20N2O5/c1-10(11-3-5-12(20-2)6-4-11)16-14(19)15-7-8-21-9-13(17)18/h3-6,10H,7-9H2,1-2H3,(H,17,18)(H2,15,16,19). The molecule has 7 nitrogen and oxygen atoms in total. The van der Waals surface area contributed by atoms with Crippen molar-refractivity contribution in [2.45, 2.75) is 13.0 Å². The maximum absolute atomic E-state index is 11.6. The van der Waals surface area contributed by atoms with Crippen LogP contribution in [-0.4, -0.2) is 44.0 Å². The molecule has 1 rings (SSSR count). The Kier molecular flexibility index (Phi) is 7.03. The van der Waals surface area contributed by atoms with Gasteiger partial charge in [-0.3, -0.25) is 0 Å². The van der Waals surface area contributed by atoms with E-state index in [0.29, 0.717) is 0 Å². The number of carbonyl (C=O) groups is 2. The number of urea groups is 1. The van der Waals surface area contributed by atoms with Gasteiger partial charge in [-0.2, -0.15) is 0 Å². The summed E-state index contributed by atoms with van der Waals surface area (Å²) in [6, 6.07) is 6.91. The number of benzene rings is 1. The molecule has 0 aliphatic heterocycles. The second-order valence-electron chi connectivity index (χ2n) is 4.34. The molecule has 0 radical (unpaired) electrons. The van der Waals surface area contributed by atoms with Crippen molar-refractivity contribution < 1.29 is 24.2 Å². The van der Waals surface area contributed by atoms with Crippen LogP contribution in [0.3, 0.4) is 0 Å². The van der Waals surface area contributed by atoms with Crippen LogP contribution in [0.25, 0.3) is 0 Å². The van der Waals surface area contributed by atoms with E-state index in [1.165, 1.54) is 0 Å². The van der Waals surface area contributed by atoms with Gasteiger partial charge in [-0.15, -0.1) is 0 Å². The summed E-state index contributed by atoms with van der Waals surface area (Å²) in [6.07, 6.45) is 0. The molecular weight excluding hydrogens is 276 g/mol. The van der Waals surface area contributed by atoms with Crippen molar-refractivity contribution >= 4 is 12.0 Å². The fourth-order valence-corrected chi connectivity index (χ4v) is 1.62. The fourth-order valence-electron chi connectivity index (χ4n) is 1.62. The number of ether oxygens (including phenoxy) is 2. The number of hydrogen-bond donors (Lipinski definition) is 3. The van der Waals surface area contributed by atoms with E-state index in [2.05, 4.69) is 10.6 Å². The molecule has 1 aromatic rings. The van der Waals surface area contributed by atoms with Crippen LogP contribution in [0, 0.1) is 0 Å². The first-order valence-corrected chi connectivity index (χ1v) is 6.50. The molecule has 7 heteroatoms. The Bertz CT molecular complexity index is 461. The van der Waals surface area contributed by atoms with Crippen LogP contribution < -0.4 is 15.4 Å². The van der Waals surface area contributed by atoms with Gasteiger partial charge in [0.1, 0.15) is 12.4 Å². The Labute approximate surface area is 123 Å². The monoisotopic (exact) mass is 296 g/mol. The third-order valence-corrected chi connectivity index (χ3v) is 2.72. The van der Waals surface area contributed by atoms with E-state index >= 15 is 0 Å². The van der Waals surface area contributed by atoms with Crippen molar-refractivity contribution in [2.24, 2.45) is 0 Å². The summed E-state index contributed by atoms with van der Waals surface area (Å²) in [7, 11) is 1.59. The number of nitrogens with one attached hydrogen (secondary N) is 2. The normalized spacial score (nSPS) is 11.5. The molecule has 0 saturated heterocycles. The minimum absolute atomic E-state index is 0.149. The van der Waals surface area contributed by atoms with Crippen molar-refractivity contribution in [3.8, 4) is 5.75 Å². The molecule has 0 bridgehead atoms. The number of hydrogen-bond acceptors (Lipinski definition) is 4. The molecule has 21 heavy (non-hydrogen) atoms. The predicted molar refractivity (Wildman–Crippen MR) is 76.4 cm³/mol. The van der Waals surface area contributed by atoms with Gasteiger partial charge in [0, 0.05) is 6.54 Å². The predicted octanol–water partition coefficient (Wildman–Crippen LogP) is 1.16. The summed E-state index contributed by atoms with van der Waals surface area (Å²) in [5.41, 5.74) is 0.952. The van der Waals surface area contributed by atoms with E-state index in [-0.39, 0.29) is 31.8 Å². The second-order valence-corrected chi connectivity index (χ2v) is 4.34. The van der Waals surface area contributed by atoms with Crippen LogP contribution in [0.1, 0.15) is 18.5 Å². The first-order valence-electron chi connectivity index (χ1n) is 6.50. The average Bonchev–Trinajstić information content (AvgIpc) is 2.46. The maximum Gasteiger partial charge on any atom is 0.329 e. The molecule has 2 amide bonds. The number of carbonyl (C=O) groups excluding carboxylic acids is 1. The number of amides is 2. The van der Waals surface area contributed by atoms with Crippen LogP contribution >= 0.6 is 0 Å². The highest BCUT2D eigenvalue weighted by atomic mass is 16.5. The summed E-state index contributed by atoms with van der Waals surface area (Å²) in [6.45, 7) is 1.89. The summed E-state index contributed by atoms with van der Waals surface area (Å²) < 4.78 is 9.87. The fraction of sp³-hybridized carbons (Fsp3) is 0.429. The molecule has 0 aliphatic carbocycles. The zero-order valence-electron chi connectivity index (χ0n) is 12.1. The van der Waals surface area contributed by atoms with Gasteiger partial charge in [0.15, 0.2) is 0 Å². The van der Waals surface area contributed by atoms with E-state index in [0.717, 1.165) is 11.3 Å². The molecule has 0 saturated carbocycles. The second kappa shape index (κ2) is 8.80. The molecule has 0 aliphatic rings. The van der Waals surface area contributed by atoms with Gasteiger partial charge in [0.25, 0.3) is 0 Å². The van der Waals surface area contributed by atoms with E-state index in [1.807, 2.05) is 31.2 Å².